The molecule has 0 aliphatic heterocycles. The summed E-state index contributed by atoms with van der Waals surface area (Å²) in [6.45, 7) is 3.84. The SMILES string of the molecule is Cc1ccc(CS(=O)(=O)c2ncc(Cl)c(C(=O)Nc3ccc(C)cc3)n2)cc1. The summed E-state index contributed by atoms with van der Waals surface area (Å²) < 4.78 is 25.3. The molecule has 0 saturated heterocycles. The van der Waals surface area contributed by atoms with Crippen molar-refractivity contribution >= 4 is 33.0 Å². The fourth-order valence-corrected chi connectivity index (χ4v) is 3.84. The van der Waals surface area contributed by atoms with Crippen LogP contribution in [0.4, 0.5) is 5.69 Å². The van der Waals surface area contributed by atoms with E-state index in [2.05, 4.69) is 15.3 Å². The van der Waals surface area contributed by atoms with Crippen molar-refractivity contribution in [2.75, 3.05) is 5.32 Å². The molecular weight excluding hydrogens is 398 g/mol. The fourth-order valence-electron chi connectivity index (χ4n) is 2.46. The lowest BCUT2D eigenvalue weighted by atomic mass is 10.2. The smallest absolute Gasteiger partial charge is 0.275 e. The van der Waals surface area contributed by atoms with Crippen molar-refractivity contribution in [3.8, 4) is 0 Å². The van der Waals surface area contributed by atoms with Gasteiger partial charge in [-0.3, -0.25) is 4.79 Å². The highest BCUT2D eigenvalue weighted by Crippen LogP contribution is 2.19. The van der Waals surface area contributed by atoms with Crippen molar-refractivity contribution in [2.24, 2.45) is 0 Å². The molecule has 0 aliphatic rings. The number of anilines is 1. The van der Waals surface area contributed by atoms with E-state index in [-0.39, 0.29) is 16.5 Å². The molecule has 0 saturated carbocycles. The Morgan fingerprint density at radius 2 is 1.57 bits per heavy atom. The van der Waals surface area contributed by atoms with Crippen molar-refractivity contribution in [3.05, 3.63) is 82.1 Å². The number of halogens is 1. The average molecular weight is 416 g/mol. The second-order valence-electron chi connectivity index (χ2n) is 6.41. The predicted molar refractivity (Wildman–Crippen MR) is 108 cm³/mol. The highest BCUT2D eigenvalue weighted by atomic mass is 35.5. The van der Waals surface area contributed by atoms with Gasteiger partial charge in [-0.1, -0.05) is 59.1 Å². The zero-order chi connectivity index (χ0) is 20.3. The predicted octanol–water partition coefficient (Wildman–Crippen LogP) is 3.97. The summed E-state index contributed by atoms with van der Waals surface area (Å²) in [6, 6.07) is 14.3. The Kier molecular flexibility index (Phi) is 5.76. The number of hydrogen-bond acceptors (Lipinski definition) is 5. The van der Waals surface area contributed by atoms with Gasteiger partial charge >= 0.3 is 0 Å². The maximum absolute atomic E-state index is 12.7. The molecule has 1 amide bonds. The average Bonchev–Trinajstić information content (AvgIpc) is 2.65. The molecule has 0 fully saturated rings. The first kappa shape index (κ1) is 20.0. The molecule has 0 bridgehead atoms. The number of nitrogens with one attached hydrogen (secondary N) is 1. The number of hydrogen-bond donors (Lipinski definition) is 1. The molecule has 0 atom stereocenters. The van der Waals surface area contributed by atoms with Crippen molar-refractivity contribution in [2.45, 2.75) is 24.8 Å². The molecule has 2 aromatic carbocycles. The fraction of sp³-hybridized carbons (Fsp3) is 0.150. The number of aryl methyl sites for hydroxylation is 2. The third-order valence-electron chi connectivity index (χ3n) is 4.00. The second kappa shape index (κ2) is 8.08. The number of aromatic nitrogens is 2. The Balaban J connectivity index is 1.86. The molecule has 0 spiro atoms. The molecule has 8 heteroatoms. The first-order valence-corrected chi connectivity index (χ1v) is 10.5. The summed E-state index contributed by atoms with van der Waals surface area (Å²) in [7, 11) is -3.84. The van der Waals surface area contributed by atoms with Crippen LogP contribution in [0.1, 0.15) is 27.2 Å². The van der Waals surface area contributed by atoms with E-state index in [1.165, 1.54) is 0 Å². The number of sulfone groups is 1. The Labute approximate surface area is 168 Å². The van der Waals surface area contributed by atoms with Crippen LogP contribution in [0.2, 0.25) is 5.02 Å². The van der Waals surface area contributed by atoms with E-state index in [0.717, 1.165) is 17.3 Å². The number of benzene rings is 2. The largest absolute Gasteiger partial charge is 0.321 e. The molecule has 28 heavy (non-hydrogen) atoms. The molecular formula is C20H18ClN3O3S. The van der Waals surface area contributed by atoms with Crippen molar-refractivity contribution < 1.29 is 13.2 Å². The number of rotatable bonds is 5. The van der Waals surface area contributed by atoms with E-state index in [9.17, 15) is 13.2 Å². The van der Waals surface area contributed by atoms with E-state index in [1.54, 1.807) is 24.3 Å². The maximum Gasteiger partial charge on any atom is 0.275 e. The number of carbonyl (C=O) groups excluding carboxylic acids is 1. The van der Waals surface area contributed by atoms with Crippen molar-refractivity contribution in [3.63, 3.8) is 0 Å². The molecule has 1 aromatic heterocycles. The summed E-state index contributed by atoms with van der Waals surface area (Å²) in [5.74, 6) is -0.878. The Hall–Kier alpha value is -2.77. The van der Waals surface area contributed by atoms with Gasteiger partial charge in [-0.15, -0.1) is 0 Å². The minimum Gasteiger partial charge on any atom is -0.321 e. The van der Waals surface area contributed by atoms with Crippen molar-refractivity contribution in [1.82, 2.24) is 9.97 Å². The summed E-state index contributed by atoms with van der Waals surface area (Å²) in [5, 5.41) is 2.19. The highest BCUT2D eigenvalue weighted by molar-refractivity contribution is 7.90. The van der Waals surface area contributed by atoms with Gasteiger partial charge in [0, 0.05) is 5.69 Å². The van der Waals surface area contributed by atoms with E-state index in [4.69, 9.17) is 11.6 Å². The monoisotopic (exact) mass is 415 g/mol. The molecule has 6 nitrogen and oxygen atoms in total. The summed E-state index contributed by atoms with van der Waals surface area (Å²) in [6.07, 6.45) is 1.13. The standard InChI is InChI=1S/C20H18ClN3O3S/c1-13-3-7-15(8-4-13)12-28(26,27)20-22-11-17(21)18(24-20)19(25)23-16-9-5-14(2)6-10-16/h3-11H,12H2,1-2H3,(H,23,25). The quantitative estimate of drug-likeness (QED) is 0.637. The van der Waals surface area contributed by atoms with Gasteiger partial charge in [0.1, 0.15) is 0 Å². The first-order valence-electron chi connectivity index (χ1n) is 8.43. The zero-order valence-electron chi connectivity index (χ0n) is 15.3. The van der Waals surface area contributed by atoms with Crippen LogP contribution in [0.25, 0.3) is 0 Å². The lowest BCUT2D eigenvalue weighted by molar-refractivity contribution is 0.102. The molecule has 1 heterocycles. The van der Waals surface area contributed by atoms with Crippen LogP contribution < -0.4 is 5.32 Å². The van der Waals surface area contributed by atoms with Gasteiger partial charge in [-0.05, 0) is 31.5 Å². The molecule has 0 aliphatic carbocycles. The van der Waals surface area contributed by atoms with Gasteiger partial charge in [-0.2, -0.15) is 0 Å². The first-order chi connectivity index (χ1) is 13.2. The summed E-state index contributed by atoms with van der Waals surface area (Å²) >= 11 is 6.03. The van der Waals surface area contributed by atoms with Gasteiger partial charge in [0.2, 0.25) is 15.0 Å². The Morgan fingerprint density at radius 3 is 2.18 bits per heavy atom. The molecule has 144 valence electrons. The molecule has 3 aromatic rings. The van der Waals surface area contributed by atoms with Crippen molar-refractivity contribution in [1.29, 1.82) is 0 Å². The minimum absolute atomic E-state index is 0.0288. The van der Waals surface area contributed by atoms with Crippen LogP contribution in [-0.2, 0) is 15.6 Å². The normalized spacial score (nSPS) is 11.2. The van der Waals surface area contributed by atoms with Crippen LogP contribution in [0, 0.1) is 13.8 Å². The highest BCUT2D eigenvalue weighted by Gasteiger charge is 2.23. The van der Waals surface area contributed by atoms with Crippen LogP contribution in [0.3, 0.4) is 0 Å². The maximum atomic E-state index is 12.7. The van der Waals surface area contributed by atoms with E-state index < -0.39 is 20.9 Å². The van der Waals surface area contributed by atoms with Crippen LogP contribution in [0.15, 0.2) is 59.9 Å². The Bertz CT molecular complexity index is 1110. The number of carbonyl (C=O) groups is 1. The van der Waals surface area contributed by atoms with Gasteiger partial charge in [0.05, 0.1) is 17.0 Å². The molecule has 1 N–H and O–H groups in total. The van der Waals surface area contributed by atoms with Crippen LogP contribution >= 0.6 is 11.6 Å². The lowest BCUT2D eigenvalue weighted by Crippen LogP contribution is -2.18. The van der Waals surface area contributed by atoms with Gasteiger partial charge < -0.3 is 5.32 Å². The van der Waals surface area contributed by atoms with Crippen LogP contribution in [-0.4, -0.2) is 24.3 Å². The number of nitrogens with zero attached hydrogens (tertiary/aromatic N) is 2. The third kappa shape index (κ3) is 4.74. The van der Waals surface area contributed by atoms with Gasteiger partial charge in [0.25, 0.3) is 5.91 Å². The molecule has 3 rings (SSSR count). The summed E-state index contributed by atoms with van der Waals surface area (Å²) in [5.41, 5.74) is 3.03. The van der Waals surface area contributed by atoms with E-state index >= 15 is 0 Å². The van der Waals surface area contributed by atoms with E-state index in [1.807, 2.05) is 38.1 Å². The molecule has 0 radical (unpaired) electrons. The summed E-state index contributed by atoms with van der Waals surface area (Å²) in [4.78, 5) is 20.3. The minimum atomic E-state index is -3.84. The van der Waals surface area contributed by atoms with Crippen LogP contribution in [0.5, 0.6) is 0 Å². The Morgan fingerprint density at radius 1 is 1.00 bits per heavy atom. The van der Waals surface area contributed by atoms with E-state index in [0.29, 0.717) is 11.3 Å². The topological polar surface area (TPSA) is 89.0 Å². The lowest BCUT2D eigenvalue weighted by Gasteiger charge is -2.08. The molecule has 0 unspecified atom stereocenters. The third-order valence-corrected chi connectivity index (χ3v) is 5.74. The van der Waals surface area contributed by atoms with Gasteiger partial charge in [-0.25, -0.2) is 18.4 Å². The second-order valence-corrected chi connectivity index (χ2v) is 8.70. The zero-order valence-corrected chi connectivity index (χ0v) is 16.9. The number of amides is 1. The van der Waals surface area contributed by atoms with Gasteiger partial charge in [0.15, 0.2) is 5.69 Å².